The second kappa shape index (κ2) is 16.0. The van der Waals surface area contributed by atoms with E-state index in [0.717, 1.165) is 4.90 Å². The van der Waals surface area contributed by atoms with Crippen LogP contribution in [0.4, 0.5) is 4.79 Å². The van der Waals surface area contributed by atoms with Gasteiger partial charge in [-0.3, -0.25) is 28.9 Å². The molecule has 0 spiro atoms. The molecule has 3 saturated heterocycles. The number of hydrogen-bond donors (Lipinski definition) is 1. The number of carbonyl (C=O) groups excluding carboxylic acids is 5. The van der Waals surface area contributed by atoms with Crippen LogP contribution in [0.1, 0.15) is 81.6 Å². The summed E-state index contributed by atoms with van der Waals surface area (Å²) in [5.74, 6) is -7.74. The maximum absolute atomic E-state index is 14.3. The van der Waals surface area contributed by atoms with Crippen molar-refractivity contribution in [3.63, 3.8) is 0 Å². The Kier molecular flexibility index (Phi) is 13.2. The first kappa shape index (κ1) is 41.3. The first-order valence-corrected chi connectivity index (χ1v) is 17.3. The molecule has 3 aliphatic rings. The van der Waals surface area contributed by atoms with E-state index in [2.05, 4.69) is 0 Å². The van der Waals surface area contributed by atoms with Gasteiger partial charge in [0.25, 0.3) is 0 Å². The fraction of sp³-hybridized carbons (Fsp3) is 0.829. The van der Waals surface area contributed by atoms with Crippen molar-refractivity contribution < 1.29 is 62.3 Å². The zero-order valence-corrected chi connectivity index (χ0v) is 31.4. The summed E-state index contributed by atoms with van der Waals surface area (Å²) in [6.07, 6.45) is -4.89. The lowest BCUT2D eigenvalue weighted by Crippen LogP contribution is -2.61. The fourth-order valence-electron chi connectivity index (χ4n) is 8.09. The van der Waals surface area contributed by atoms with Gasteiger partial charge < -0.3 is 38.4 Å². The molecule has 0 aliphatic carbocycles. The number of rotatable bonds is 8. The maximum atomic E-state index is 14.3. The molecule has 284 valence electrons. The Morgan fingerprint density at radius 1 is 1.02 bits per heavy atom. The molecule has 0 bridgehead atoms. The van der Waals surface area contributed by atoms with Crippen LogP contribution in [0.25, 0.3) is 0 Å². The third kappa shape index (κ3) is 8.32. The number of carbonyl (C=O) groups is 6. The largest absolute Gasteiger partial charge is 0.480 e. The summed E-state index contributed by atoms with van der Waals surface area (Å²) in [6.45, 7) is 13.6. The monoisotopic (exact) mass is 712 g/mol. The van der Waals surface area contributed by atoms with Crippen LogP contribution in [0.15, 0.2) is 0 Å². The van der Waals surface area contributed by atoms with Crippen molar-refractivity contribution in [2.45, 2.75) is 136 Å². The minimum absolute atomic E-state index is 0.0137. The second-order valence-electron chi connectivity index (χ2n) is 14.8. The van der Waals surface area contributed by atoms with Gasteiger partial charge in [0, 0.05) is 31.8 Å². The van der Waals surface area contributed by atoms with E-state index in [9.17, 15) is 33.9 Å². The molecule has 50 heavy (non-hydrogen) atoms. The number of carboxylic acids is 1. The van der Waals surface area contributed by atoms with E-state index in [-0.39, 0.29) is 30.8 Å². The van der Waals surface area contributed by atoms with Crippen molar-refractivity contribution in [2.24, 2.45) is 23.7 Å². The van der Waals surface area contributed by atoms with Gasteiger partial charge in [-0.05, 0) is 61.1 Å². The Morgan fingerprint density at radius 3 is 2.16 bits per heavy atom. The molecule has 0 aromatic heterocycles. The van der Waals surface area contributed by atoms with Crippen molar-refractivity contribution >= 4 is 35.6 Å². The summed E-state index contributed by atoms with van der Waals surface area (Å²) < 4.78 is 36.4. The molecule has 15 nitrogen and oxygen atoms in total. The molecule has 3 heterocycles. The van der Waals surface area contributed by atoms with Crippen LogP contribution in [0.5, 0.6) is 0 Å². The van der Waals surface area contributed by atoms with Crippen molar-refractivity contribution in [2.75, 3.05) is 27.7 Å². The van der Waals surface area contributed by atoms with Gasteiger partial charge in [-0.25, -0.2) is 4.79 Å². The van der Waals surface area contributed by atoms with Crippen LogP contribution in [0.3, 0.4) is 0 Å². The van der Waals surface area contributed by atoms with Gasteiger partial charge in [-0.15, -0.1) is 0 Å². The standard InChI is InChI=1S/C35H56N2O13/c1-13-24-35(9)29(37(16-25(39)40)33(44)50-35)19(4)26(41)17(2)15-34(8,45-12)30(20(5)27(42)21(6)31(43)48-24)49-32-28(47-22(7)38)23(36(10)11)14-18(3)46-32/h17-21,23-24,28-30,32H,13-16H2,1-12H3,(H,39,40)/t17-,18-,19+,20+,21-,23+,24-,28-,29-,30-,32+,34-,35-/m1/s1. The zero-order chi connectivity index (χ0) is 38.0. The molecule has 0 radical (unpaired) electrons. The van der Waals surface area contributed by atoms with Crippen LogP contribution in [0.2, 0.25) is 0 Å². The third-order valence-corrected chi connectivity index (χ3v) is 10.7. The number of Topliss-reactive ketones (excluding diaryl/α,β-unsaturated/α-hetero) is 2. The van der Waals surface area contributed by atoms with Crippen molar-refractivity contribution in [1.29, 1.82) is 0 Å². The highest BCUT2D eigenvalue weighted by molar-refractivity contribution is 6.00. The Bertz CT molecular complexity index is 1310. The van der Waals surface area contributed by atoms with Crippen LogP contribution >= 0.6 is 0 Å². The number of ketones is 2. The lowest BCUT2D eigenvalue weighted by Gasteiger charge is -2.47. The number of hydrogen-bond acceptors (Lipinski definition) is 13. The Hall–Kier alpha value is -3.14. The van der Waals surface area contributed by atoms with Crippen LogP contribution < -0.4 is 0 Å². The van der Waals surface area contributed by atoms with Gasteiger partial charge in [0.2, 0.25) is 0 Å². The summed E-state index contributed by atoms with van der Waals surface area (Å²) in [4.78, 5) is 82.5. The predicted octanol–water partition coefficient (Wildman–Crippen LogP) is 2.85. The molecule has 1 N–H and O–H groups in total. The Labute approximate surface area is 294 Å². The topological polar surface area (TPSA) is 185 Å². The first-order chi connectivity index (χ1) is 23.1. The zero-order valence-electron chi connectivity index (χ0n) is 31.4. The van der Waals surface area contributed by atoms with E-state index in [1.807, 2.05) is 25.9 Å². The molecule has 3 rings (SSSR count). The average Bonchev–Trinajstić information content (AvgIpc) is 3.28. The average molecular weight is 713 g/mol. The number of amides is 1. The summed E-state index contributed by atoms with van der Waals surface area (Å²) in [7, 11) is 5.12. The number of likely N-dealkylation sites (N-methyl/N-ethyl adjacent to an activating group) is 1. The van der Waals surface area contributed by atoms with Crippen molar-refractivity contribution in [3.05, 3.63) is 0 Å². The quantitative estimate of drug-likeness (QED) is 0.220. The number of nitrogens with zero attached hydrogens (tertiary/aromatic N) is 2. The van der Waals surface area contributed by atoms with Crippen LogP contribution in [0, 0.1) is 23.7 Å². The number of cyclic esters (lactones) is 1. The molecule has 0 unspecified atom stereocenters. The highest BCUT2D eigenvalue weighted by Gasteiger charge is 2.61. The summed E-state index contributed by atoms with van der Waals surface area (Å²) in [6, 6.07) is -1.43. The highest BCUT2D eigenvalue weighted by Crippen LogP contribution is 2.43. The Morgan fingerprint density at radius 2 is 1.64 bits per heavy atom. The van der Waals surface area contributed by atoms with E-state index in [1.54, 1.807) is 34.6 Å². The van der Waals surface area contributed by atoms with Gasteiger partial charge >= 0.3 is 24.0 Å². The summed E-state index contributed by atoms with van der Waals surface area (Å²) in [5.41, 5.74) is -2.99. The summed E-state index contributed by atoms with van der Waals surface area (Å²) >= 11 is 0. The lowest BCUT2D eigenvalue weighted by atomic mass is 9.73. The van der Waals surface area contributed by atoms with E-state index < -0.39 is 102 Å². The predicted molar refractivity (Wildman–Crippen MR) is 177 cm³/mol. The van der Waals surface area contributed by atoms with E-state index in [4.69, 9.17) is 28.4 Å². The second-order valence-corrected chi connectivity index (χ2v) is 14.8. The lowest BCUT2D eigenvalue weighted by molar-refractivity contribution is -0.298. The molecule has 1 amide bonds. The number of esters is 2. The van der Waals surface area contributed by atoms with Gasteiger partial charge in [0.15, 0.2) is 23.8 Å². The summed E-state index contributed by atoms with van der Waals surface area (Å²) in [5, 5.41) is 9.67. The van der Waals surface area contributed by atoms with Gasteiger partial charge in [0.1, 0.15) is 24.3 Å². The fourth-order valence-corrected chi connectivity index (χ4v) is 8.09. The van der Waals surface area contributed by atoms with Crippen LogP contribution in [-0.2, 0) is 52.4 Å². The molecule has 0 aromatic carbocycles. The molecular formula is C35H56N2O13. The van der Waals surface area contributed by atoms with E-state index in [0.29, 0.717) is 6.42 Å². The molecule has 3 aliphatic heterocycles. The molecule has 0 saturated carbocycles. The minimum atomic E-state index is -1.62. The van der Waals surface area contributed by atoms with Crippen molar-refractivity contribution in [1.82, 2.24) is 9.80 Å². The van der Waals surface area contributed by atoms with Gasteiger partial charge in [-0.1, -0.05) is 27.7 Å². The molecule has 0 aromatic rings. The number of aliphatic carboxylic acids is 1. The third-order valence-electron chi connectivity index (χ3n) is 10.7. The van der Waals surface area contributed by atoms with Crippen molar-refractivity contribution in [3.8, 4) is 0 Å². The smallest absolute Gasteiger partial charge is 0.411 e. The van der Waals surface area contributed by atoms with E-state index >= 15 is 0 Å². The van der Waals surface area contributed by atoms with Crippen LogP contribution in [-0.4, -0.2) is 132 Å². The molecule has 13 atom stereocenters. The number of methoxy groups -OCH3 is 1. The normalized spacial score (nSPS) is 40.5. The number of ether oxygens (including phenoxy) is 6. The highest BCUT2D eigenvalue weighted by atomic mass is 16.7. The molecular weight excluding hydrogens is 656 g/mol. The van der Waals surface area contributed by atoms with E-state index in [1.165, 1.54) is 27.9 Å². The SMILES string of the molecule is CC[C@H]1OC(=O)[C@H](C)C(=O)[C@H](C)[C@@H](O[C@@H]2O[C@H](C)C[C@H](N(C)C)[C@H]2OC(C)=O)[C@](C)(OC)C[C@@H](C)C(=O)[C@H](C)[C@H]2N(CC(=O)O)C(=O)O[C@]12C. The first-order valence-electron chi connectivity index (χ1n) is 17.3. The number of carboxylic acid groups (broad SMARTS) is 1. The van der Waals surface area contributed by atoms with Gasteiger partial charge in [0.05, 0.1) is 29.9 Å². The molecule has 3 fully saturated rings. The number of fused-ring (bicyclic) bond motifs is 1. The minimum Gasteiger partial charge on any atom is -0.480 e. The maximum Gasteiger partial charge on any atom is 0.411 e. The Balaban J connectivity index is 2.18. The molecule has 15 heteroatoms. The van der Waals surface area contributed by atoms with Gasteiger partial charge in [-0.2, -0.15) is 0 Å².